The van der Waals surface area contributed by atoms with Crippen LogP contribution in [0.25, 0.3) is 11.4 Å². The zero-order valence-corrected chi connectivity index (χ0v) is 14.7. The van der Waals surface area contributed by atoms with Gasteiger partial charge < -0.3 is 9.84 Å². The van der Waals surface area contributed by atoms with Crippen molar-refractivity contribution in [3.05, 3.63) is 35.2 Å². The predicted octanol–water partition coefficient (Wildman–Crippen LogP) is 4.39. The number of hydrogen-bond acceptors (Lipinski definition) is 4. The van der Waals surface area contributed by atoms with Gasteiger partial charge in [-0.15, -0.1) is 0 Å². The van der Waals surface area contributed by atoms with Crippen LogP contribution in [0.3, 0.4) is 0 Å². The van der Waals surface area contributed by atoms with Crippen LogP contribution in [0.5, 0.6) is 0 Å². The van der Waals surface area contributed by atoms with E-state index in [-0.39, 0.29) is 23.8 Å². The summed E-state index contributed by atoms with van der Waals surface area (Å²) in [6, 6.07) is 7.02. The summed E-state index contributed by atoms with van der Waals surface area (Å²) < 4.78 is 5.46. The van der Waals surface area contributed by atoms with E-state index in [0.29, 0.717) is 16.7 Å². The molecule has 1 aromatic carbocycles. The molecule has 2 aromatic rings. The summed E-state index contributed by atoms with van der Waals surface area (Å²) in [5.74, 6) is 1.41. The first kappa shape index (κ1) is 17.0. The molecule has 1 aromatic heterocycles. The molecule has 1 heterocycles. The molecule has 0 saturated heterocycles. The van der Waals surface area contributed by atoms with Crippen molar-refractivity contribution in [3.63, 3.8) is 0 Å². The molecule has 0 bridgehead atoms. The van der Waals surface area contributed by atoms with Gasteiger partial charge in [0, 0.05) is 16.5 Å². The van der Waals surface area contributed by atoms with E-state index in [4.69, 9.17) is 16.1 Å². The molecule has 2 atom stereocenters. The molecule has 3 rings (SSSR count). The van der Waals surface area contributed by atoms with Gasteiger partial charge in [0.2, 0.25) is 17.6 Å². The zero-order chi connectivity index (χ0) is 17.1. The Morgan fingerprint density at radius 1 is 1.38 bits per heavy atom. The van der Waals surface area contributed by atoms with E-state index in [1.807, 2.05) is 12.1 Å². The van der Waals surface area contributed by atoms with Crippen molar-refractivity contribution in [2.45, 2.75) is 45.6 Å². The van der Waals surface area contributed by atoms with Crippen LogP contribution in [0, 0.1) is 11.8 Å². The second kappa shape index (κ2) is 7.34. The van der Waals surface area contributed by atoms with Gasteiger partial charge in [0.25, 0.3) is 0 Å². The maximum atomic E-state index is 12.3. The number of amides is 1. The molecule has 5 nitrogen and oxygen atoms in total. The van der Waals surface area contributed by atoms with E-state index >= 15 is 0 Å². The van der Waals surface area contributed by atoms with Crippen LogP contribution in [0.4, 0.5) is 0 Å². The lowest BCUT2D eigenvalue weighted by Gasteiger charge is -2.28. The Labute approximate surface area is 146 Å². The van der Waals surface area contributed by atoms with Gasteiger partial charge in [-0.25, -0.2) is 0 Å². The van der Waals surface area contributed by atoms with Crippen LogP contribution in [0.15, 0.2) is 28.8 Å². The standard InChI is InChI=1S/C18H22ClN3O2/c1-3-11(2)15(20-17(23)13-5-4-6-13)18-21-16(22-24-18)12-7-9-14(19)10-8-12/h7-11,13,15H,3-6H2,1-2H3,(H,20,23)/t11-,15-/m1/s1. The van der Waals surface area contributed by atoms with Crippen molar-refractivity contribution in [1.29, 1.82) is 0 Å². The van der Waals surface area contributed by atoms with E-state index in [1.165, 1.54) is 0 Å². The highest BCUT2D eigenvalue weighted by atomic mass is 35.5. The van der Waals surface area contributed by atoms with Crippen molar-refractivity contribution in [1.82, 2.24) is 15.5 Å². The van der Waals surface area contributed by atoms with Gasteiger partial charge in [-0.05, 0) is 43.0 Å². The topological polar surface area (TPSA) is 68.0 Å². The number of rotatable bonds is 6. The van der Waals surface area contributed by atoms with Gasteiger partial charge in [-0.3, -0.25) is 4.79 Å². The van der Waals surface area contributed by atoms with Crippen molar-refractivity contribution >= 4 is 17.5 Å². The van der Waals surface area contributed by atoms with Crippen LogP contribution >= 0.6 is 11.6 Å². The fourth-order valence-electron chi connectivity index (χ4n) is 2.70. The molecule has 1 N–H and O–H groups in total. The average Bonchev–Trinajstić information content (AvgIpc) is 3.00. The molecule has 1 fully saturated rings. The van der Waals surface area contributed by atoms with E-state index in [1.54, 1.807) is 12.1 Å². The Bertz CT molecular complexity index is 695. The summed E-state index contributed by atoms with van der Waals surface area (Å²) in [6.07, 6.45) is 3.99. The van der Waals surface area contributed by atoms with Crippen LogP contribution in [-0.4, -0.2) is 16.0 Å². The lowest BCUT2D eigenvalue weighted by Crippen LogP contribution is -2.39. The van der Waals surface area contributed by atoms with E-state index in [2.05, 4.69) is 29.3 Å². The van der Waals surface area contributed by atoms with Crippen molar-refractivity contribution in [2.24, 2.45) is 11.8 Å². The minimum Gasteiger partial charge on any atom is -0.344 e. The quantitative estimate of drug-likeness (QED) is 0.841. The zero-order valence-electron chi connectivity index (χ0n) is 14.0. The maximum Gasteiger partial charge on any atom is 0.249 e. The average molecular weight is 348 g/mol. The van der Waals surface area contributed by atoms with Crippen molar-refractivity contribution in [3.8, 4) is 11.4 Å². The second-order valence-corrected chi connectivity index (χ2v) is 6.90. The highest BCUT2D eigenvalue weighted by Crippen LogP contribution is 2.30. The van der Waals surface area contributed by atoms with Gasteiger partial charge in [-0.1, -0.05) is 43.4 Å². The smallest absolute Gasteiger partial charge is 0.249 e. The molecule has 0 aliphatic heterocycles. The summed E-state index contributed by atoms with van der Waals surface area (Å²) in [7, 11) is 0. The largest absolute Gasteiger partial charge is 0.344 e. The number of benzene rings is 1. The molecule has 128 valence electrons. The van der Waals surface area contributed by atoms with Gasteiger partial charge >= 0.3 is 0 Å². The fraction of sp³-hybridized carbons (Fsp3) is 0.500. The number of halogens is 1. The summed E-state index contributed by atoms with van der Waals surface area (Å²) in [5, 5.41) is 7.82. The normalized spacial score (nSPS) is 17.1. The number of carbonyl (C=O) groups excluding carboxylic acids is 1. The number of hydrogen-bond donors (Lipinski definition) is 1. The molecule has 0 spiro atoms. The molecule has 1 saturated carbocycles. The van der Waals surface area contributed by atoms with E-state index < -0.39 is 0 Å². The lowest BCUT2D eigenvalue weighted by molar-refractivity contribution is -0.128. The molecule has 1 aliphatic carbocycles. The Morgan fingerprint density at radius 3 is 2.67 bits per heavy atom. The predicted molar refractivity (Wildman–Crippen MR) is 92.4 cm³/mol. The molecule has 0 unspecified atom stereocenters. The minimum atomic E-state index is -0.253. The third-order valence-corrected chi connectivity index (χ3v) is 5.05. The van der Waals surface area contributed by atoms with Gasteiger partial charge in [0.15, 0.2) is 0 Å². The fourth-order valence-corrected chi connectivity index (χ4v) is 2.83. The van der Waals surface area contributed by atoms with Gasteiger partial charge in [0.1, 0.15) is 6.04 Å². The van der Waals surface area contributed by atoms with Crippen molar-refractivity contribution in [2.75, 3.05) is 0 Å². The molecular weight excluding hydrogens is 326 g/mol. The summed E-state index contributed by atoms with van der Waals surface area (Å²) in [4.78, 5) is 16.8. The number of nitrogens with one attached hydrogen (secondary N) is 1. The molecule has 6 heteroatoms. The van der Waals surface area contributed by atoms with Gasteiger partial charge in [-0.2, -0.15) is 4.98 Å². The minimum absolute atomic E-state index is 0.0952. The molecule has 24 heavy (non-hydrogen) atoms. The monoisotopic (exact) mass is 347 g/mol. The number of aromatic nitrogens is 2. The molecule has 0 radical (unpaired) electrons. The Kier molecular flexibility index (Phi) is 5.19. The Morgan fingerprint density at radius 2 is 2.08 bits per heavy atom. The highest BCUT2D eigenvalue weighted by molar-refractivity contribution is 6.30. The van der Waals surface area contributed by atoms with Crippen LogP contribution in [0.1, 0.15) is 51.5 Å². The summed E-state index contributed by atoms with van der Waals surface area (Å²) in [5.41, 5.74) is 0.836. The van der Waals surface area contributed by atoms with Crippen LogP contribution in [0.2, 0.25) is 5.02 Å². The van der Waals surface area contributed by atoms with E-state index in [9.17, 15) is 4.79 Å². The Balaban J connectivity index is 1.79. The lowest BCUT2D eigenvalue weighted by atomic mass is 9.84. The Hall–Kier alpha value is -1.88. The first-order chi connectivity index (χ1) is 11.6. The third-order valence-electron chi connectivity index (χ3n) is 4.80. The van der Waals surface area contributed by atoms with Gasteiger partial charge in [0.05, 0.1) is 0 Å². The first-order valence-electron chi connectivity index (χ1n) is 8.48. The molecule has 1 amide bonds. The number of carbonyl (C=O) groups is 1. The van der Waals surface area contributed by atoms with E-state index in [0.717, 1.165) is 31.2 Å². The van der Waals surface area contributed by atoms with Crippen molar-refractivity contribution < 1.29 is 9.32 Å². The summed E-state index contributed by atoms with van der Waals surface area (Å²) in [6.45, 7) is 4.17. The maximum absolute atomic E-state index is 12.3. The first-order valence-corrected chi connectivity index (χ1v) is 8.86. The SMILES string of the molecule is CC[C@@H](C)[C@@H](NC(=O)C1CCC1)c1nc(-c2ccc(Cl)cc2)no1. The van der Waals surface area contributed by atoms with Crippen LogP contribution < -0.4 is 5.32 Å². The molecule has 1 aliphatic rings. The van der Waals surface area contributed by atoms with Crippen LogP contribution in [-0.2, 0) is 4.79 Å². The number of nitrogens with zero attached hydrogens (tertiary/aromatic N) is 2. The highest BCUT2D eigenvalue weighted by Gasteiger charge is 2.31. The second-order valence-electron chi connectivity index (χ2n) is 6.46. The molecular formula is C18H22ClN3O2. The third kappa shape index (κ3) is 3.61. The summed E-state index contributed by atoms with van der Waals surface area (Å²) >= 11 is 5.91.